The summed E-state index contributed by atoms with van der Waals surface area (Å²) in [7, 11) is 3.79. The van der Waals surface area contributed by atoms with Gasteiger partial charge in [-0.05, 0) is 0 Å². The summed E-state index contributed by atoms with van der Waals surface area (Å²) in [5.41, 5.74) is 0. The SMILES string of the molecule is [Be][Se]C1CCC(CO)O1. The Morgan fingerprint density at radius 2 is 2.44 bits per heavy atom. The molecule has 0 bridgehead atoms. The molecule has 0 aromatic rings. The quantitative estimate of drug-likeness (QED) is 0.580. The van der Waals surface area contributed by atoms with Crippen molar-refractivity contribution in [2.24, 2.45) is 0 Å². The van der Waals surface area contributed by atoms with Crippen LogP contribution in [-0.4, -0.2) is 45.4 Å². The molecule has 0 saturated carbocycles. The van der Waals surface area contributed by atoms with Crippen molar-refractivity contribution in [2.75, 3.05) is 6.61 Å². The van der Waals surface area contributed by atoms with Gasteiger partial charge >= 0.3 is 63.0 Å². The van der Waals surface area contributed by atoms with E-state index >= 15 is 0 Å². The van der Waals surface area contributed by atoms with Gasteiger partial charge in [0.15, 0.2) is 0 Å². The molecule has 0 aliphatic carbocycles. The van der Waals surface area contributed by atoms with E-state index in [9.17, 15) is 0 Å². The van der Waals surface area contributed by atoms with E-state index in [0.717, 1.165) is 12.8 Å². The Morgan fingerprint density at radius 1 is 1.67 bits per heavy atom. The van der Waals surface area contributed by atoms with Crippen molar-refractivity contribution >= 4 is 22.6 Å². The number of aliphatic hydroxyl groups excluding tert-OH is 1. The topological polar surface area (TPSA) is 29.5 Å². The van der Waals surface area contributed by atoms with Crippen LogP contribution in [0.5, 0.6) is 0 Å². The third kappa shape index (κ3) is 2.03. The van der Waals surface area contributed by atoms with Gasteiger partial charge in [-0.2, -0.15) is 0 Å². The van der Waals surface area contributed by atoms with Gasteiger partial charge in [0, 0.05) is 0 Å². The molecule has 2 unspecified atom stereocenters. The second-order valence-electron chi connectivity index (χ2n) is 2.11. The number of hydrogen-bond donors (Lipinski definition) is 1. The molecule has 1 fully saturated rings. The van der Waals surface area contributed by atoms with Crippen molar-refractivity contribution in [1.82, 2.24) is 0 Å². The Kier molecular flexibility index (Phi) is 3.17. The van der Waals surface area contributed by atoms with E-state index in [1.165, 1.54) is 0 Å². The second-order valence-corrected chi connectivity index (χ2v) is 3.92. The molecule has 1 N–H and O–H groups in total. The molecular formula is C5H9BeO2Se. The zero-order valence-electron chi connectivity index (χ0n) is 5.25. The molecule has 1 aliphatic heterocycles. The van der Waals surface area contributed by atoms with Crippen molar-refractivity contribution in [3.05, 3.63) is 0 Å². The Bertz CT molecular complexity index is 81.0. The van der Waals surface area contributed by atoms with Crippen LogP contribution in [0.1, 0.15) is 12.8 Å². The molecule has 1 rings (SSSR count). The molecule has 9 heavy (non-hydrogen) atoms. The summed E-state index contributed by atoms with van der Waals surface area (Å²) in [6, 6.07) is 0. The molecule has 49 valence electrons. The predicted octanol–water partition coefficient (Wildman–Crippen LogP) is -0.729. The molecule has 2 atom stereocenters. The van der Waals surface area contributed by atoms with Crippen LogP contribution in [0.3, 0.4) is 0 Å². The van der Waals surface area contributed by atoms with Crippen LogP contribution in [-0.2, 0) is 4.74 Å². The van der Waals surface area contributed by atoms with Crippen molar-refractivity contribution in [3.63, 3.8) is 0 Å². The van der Waals surface area contributed by atoms with E-state index in [1.54, 1.807) is 0 Å². The normalized spacial score (nSPS) is 35.1. The van der Waals surface area contributed by atoms with Crippen LogP contribution in [0, 0.1) is 0 Å². The number of aliphatic hydroxyl groups is 1. The molecule has 0 aromatic carbocycles. The van der Waals surface area contributed by atoms with Crippen molar-refractivity contribution in [3.8, 4) is 0 Å². The van der Waals surface area contributed by atoms with Gasteiger partial charge in [-0.3, -0.25) is 0 Å². The average molecular weight is 189 g/mol. The van der Waals surface area contributed by atoms with Gasteiger partial charge in [0.2, 0.25) is 0 Å². The summed E-state index contributed by atoms with van der Waals surface area (Å²) < 4.78 is 5.38. The standard InChI is InChI=1S/C5H10O2Se.Be/c6-3-4-1-2-5(8)7-4;/h4-6,8H,1-3H2;/q;+1/p-1. The van der Waals surface area contributed by atoms with Crippen LogP contribution in [0.4, 0.5) is 0 Å². The first-order valence-electron chi connectivity index (χ1n) is 3.04. The molecule has 1 radical (unpaired) electrons. The summed E-state index contributed by atoms with van der Waals surface area (Å²) in [4.78, 5) is 0. The van der Waals surface area contributed by atoms with E-state index in [4.69, 9.17) is 9.84 Å². The molecule has 1 aliphatic rings. The van der Waals surface area contributed by atoms with Gasteiger partial charge in [0.05, 0.1) is 0 Å². The molecule has 0 aromatic heterocycles. The van der Waals surface area contributed by atoms with Gasteiger partial charge in [-0.25, -0.2) is 0 Å². The van der Waals surface area contributed by atoms with Crippen LogP contribution in [0.2, 0.25) is 0 Å². The third-order valence-electron chi connectivity index (χ3n) is 1.46. The minimum absolute atomic E-state index is 0.110. The molecule has 4 heteroatoms. The maximum absolute atomic E-state index is 8.64. The molecule has 0 amide bonds. The number of rotatable bonds is 2. The van der Waals surface area contributed by atoms with Crippen LogP contribution in [0.15, 0.2) is 0 Å². The first-order valence-corrected chi connectivity index (χ1v) is 5.24. The number of hydrogen-bond acceptors (Lipinski definition) is 2. The second kappa shape index (κ2) is 3.70. The molecule has 0 spiro atoms. The summed E-state index contributed by atoms with van der Waals surface area (Å²) >= 11 is 0.351. The molecular weight excluding hydrogens is 180 g/mol. The van der Waals surface area contributed by atoms with Gasteiger partial charge in [0.25, 0.3) is 0 Å². The van der Waals surface area contributed by atoms with Gasteiger partial charge in [-0.15, -0.1) is 0 Å². The van der Waals surface area contributed by atoms with Crippen LogP contribution >= 0.6 is 0 Å². The fourth-order valence-corrected chi connectivity index (χ4v) is 2.06. The van der Waals surface area contributed by atoms with Crippen molar-refractivity contribution in [2.45, 2.75) is 23.9 Å². The summed E-state index contributed by atoms with van der Waals surface area (Å²) in [5.74, 6) is 0. The van der Waals surface area contributed by atoms with Crippen LogP contribution < -0.4 is 0 Å². The molecule has 1 heterocycles. The van der Waals surface area contributed by atoms with E-state index < -0.39 is 0 Å². The third-order valence-corrected chi connectivity index (χ3v) is 2.97. The summed E-state index contributed by atoms with van der Waals surface area (Å²) in [6.07, 6.45) is 2.21. The summed E-state index contributed by atoms with van der Waals surface area (Å²) in [6.45, 7) is 0.173. The van der Waals surface area contributed by atoms with Crippen LogP contribution in [0.25, 0.3) is 0 Å². The average Bonchev–Trinajstić information content (AvgIpc) is 2.34. The molecule has 1 saturated heterocycles. The van der Waals surface area contributed by atoms with Crippen molar-refractivity contribution < 1.29 is 9.84 Å². The summed E-state index contributed by atoms with van der Waals surface area (Å²) in [5, 5.41) is 9.01. The van der Waals surface area contributed by atoms with Gasteiger partial charge < -0.3 is 0 Å². The van der Waals surface area contributed by atoms with E-state index in [-0.39, 0.29) is 12.7 Å². The van der Waals surface area contributed by atoms with Gasteiger partial charge in [-0.1, -0.05) is 0 Å². The first kappa shape index (κ1) is 7.71. The van der Waals surface area contributed by atoms with Crippen molar-refractivity contribution in [1.29, 1.82) is 0 Å². The first-order chi connectivity index (χ1) is 4.36. The monoisotopic (exact) mass is 190 g/mol. The Morgan fingerprint density at radius 3 is 2.78 bits per heavy atom. The Balaban J connectivity index is 2.20. The Hall–Kier alpha value is 0.608. The predicted molar refractivity (Wildman–Crippen MR) is 36.5 cm³/mol. The minimum atomic E-state index is 0.110. The van der Waals surface area contributed by atoms with E-state index in [2.05, 4.69) is 8.12 Å². The van der Waals surface area contributed by atoms with E-state index in [0.29, 0.717) is 19.5 Å². The zero-order valence-corrected chi connectivity index (χ0v) is 6.96. The van der Waals surface area contributed by atoms with E-state index in [1.807, 2.05) is 0 Å². The zero-order chi connectivity index (χ0) is 6.69. The fraction of sp³-hybridized carbons (Fsp3) is 1.00. The molecule has 2 nitrogen and oxygen atoms in total. The Labute approximate surface area is 63.5 Å². The fourth-order valence-electron chi connectivity index (χ4n) is 0.930. The number of ether oxygens (including phenoxy) is 1. The van der Waals surface area contributed by atoms with Gasteiger partial charge in [0.1, 0.15) is 0 Å². The maximum atomic E-state index is 8.64.